The molecule has 1 fully saturated rings. The number of fused-ring (bicyclic) bond motifs is 1. The largest absolute Gasteiger partial charge is 0.493 e. The van der Waals surface area contributed by atoms with Crippen molar-refractivity contribution in [2.24, 2.45) is 5.41 Å². The van der Waals surface area contributed by atoms with Crippen LogP contribution in [0.5, 0.6) is 5.75 Å². The minimum atomic E-state index is -0.619. The average molecular weight is 339 g/mol. The van der Waals surface area contributed by atoms with Gasteiger partial charge in [0, 0.05) is 17.3 Å². The lowest BCUT2D eigenvalue weighted by Crippen LogP contribution is -2.48. The molecular formula is C17H23BrO2. The maximum Gasteiger partial charge on any atom is 0.125 e. The second-order valence-electron chi connectivity index (χ2n) is 6.95. The zero-order valence-electron chi connectivity index (χ0n) is 12.3. The van der Waals surface area contributed by atoms with Gasteiger partial charge in [-0.1, -0.05) is 42.6 Å². The Kier molecular flexibility index (Phi) is 3.62. The molecule has 3 heteroatoms. The number of ether oxygens (including phenoxy) is 1. The molecule has 0 saturated heterocycles. The Morgan fingerprint density at radius 2 is 2.00 bits per heavy atom. The third-order valence-corrected chi connectivity index (χ3v) is 5.67. The molecule has 20 heavy (non-hydrogen) atoms. The van der Waals surface area contributed by atoms with Crippen LogP contribution in [-0.4, -0.2) is 17.3 Å². The van der Waals surface area contributed by atoms with Gasteiger partial charge >= 0.3 is 0 Å². The number of halogens is 1. The number of aliphatic hydroxyl groups is 1. The van der Waals surface area contributed by atoms with Gasteiger partial charge in [-0.05, 0) is 41.5 Å². The fourth-order valence-corrected chi connectivity index (χ4v) is 4.23. The molecule has 1 aromatic carbocycles. The minimum absolute atomic E-state index is 0.0287. The predicted octanol–water partition coefficient (Wildman–Crippen LogP) is 4.26. The van der Waals surface area contributed by atoms with Crippen molar-refractivity contribution in [2.75, 3.05) is 6.61 Å². The summed E-state index contributed by atoms with van der Waals surface area (Å²) in [5, 5.41) is 11.2. The lowest BCUT2D eigenvalue weighted by atomic mass is 9.63. The molecule has 1 heterocycles. The molecule has 1 aliphatic heterocycles. The zero-order valence-corrected chi connectivity index (χ0v) is 13.9. The highest BCUT2D eigenvalue weighted by molar-refractivity contribution is 9.10. The third-order valence-electron chi connectivity index (χ3n) is 5.21. The molecule has 0 radical (unpaired) electrons. The molecule has 1 saturated carbocycles. The van der Waals surface area contributed by atoms with Gasteiger partial charge in [0.2, 0.25) is 0 Å². The lowest BCUT2D eigenvalue weighted by Gasteiger charge is -2.47. The first-order valence-electron chi connectivity index (χ1n) is 7.58. The van der Waals surface area contributed by atoms with Gasteiger partial charge in [0.25, 0.3) is 0 Å². The molecular weight excluding hydrogens is 316 g/mol. The number of rotatable bonds is 2. The second-order valence-corrected chi connectivity index (χ2v) is 7.87. The van der Waals surface area contributed by atoms with Crippen molar-refractivity contribution in [1.29, 1.82) is 0 Å². The number of benzene rings is 1. The monoisotopic (exact) mass is 338 g/mol. The zero-order chi connectivity index (χ0) is 14.4. The smallest absolute Gasteiger partial charge is 0.125 e. The normalized spacial score (nSPS) is 28.0. The van der Waals surface area contributed by atoms with Crippen LogP contribution in [0.25, 0.3) is 0 Å². The van der Waals surface area contributed by atoms with E-state index in [0.29, 0.717) is 6.42 Å². The summed E-state index contributed by atoms with van der Waals surface area (Å²) in [5.74, 6) is 1.02. The highest BCUT2D eigenvalue weighted by atomic mass is 79.9. The molecule has 3 rings (SSSR count). The van der Waals surface area contributed by atoms with Gasteiger partial charge in [-0.25, -0.2) is 0 Å². The minimum Gasteiger partial charge on any atom is -0.493 e. The van der Waals surface area contributed by atoms with Crippen molar-refractivity contribution >= 4 is 15.9 Å². The second kappa shape index (κ2) is 5.03. The molecule has 1 unspecified atom stereocenters. The molecule has 1 atom stereocenters. The van der Waals surface area contributed by atoms with E-state index in [1.54, 1.807) is 0 Å². The highest BCUT2D eigenvalue weighted by Crippen LogP contribution is 2.47. The summed E-state index contributed by atoms with van der Waals surface area (Å²) in [6.07, 6.45) is 6.01. The molecule has 110 valence electrons. The van der Waals surface area contributed by atoms with Crippen molar-refractivity contribution in [3.05, 3.63) is 27.7 Å². The fourth-order valence-electron chi connectivity index (χ4n) is 3.68. The predicted molar refractivity (Wildman–Crippen MR) is 84.2 cm³/mol. The van der Waals surface area contributed by atoms with Crippen LogP contribution in [0, 0.1) is 5.41 Å². The molecule has 1 N–H and O–H groups in total. The first kappa shape index (κ1) is 14.4. The van der Waals surface area contributed by atoms with Gasteiger partial charge in [-0.3, -0.25) is 0 Å². The van der Waals surface area contributed by atoms with Crippen molar-refractivity contribution in [3.8, 4) is 5.75 Å². The Bertz CT molecular complexity index is 524. The van der Waals surface area contributed by atoms with Gasteiger partial charge in [0.05, 0.1) is 12.2 Å². The molecule has 1 aliphatic carbocycles. The van der Waals surface area contributed by atoms with Crippen LogP contribution in [0.1, 0.15) is 50.7 Å². The molecule has 0 amide bonds. The lowest BCUT2D eigenvalue weighted by molar-refractivity contribution is -0.0960. The Hall–Kier alpha value is -0.540. The van der Waals surface area contributed by atoms with Crippen LogP contribution in [0.3, 0.4) is 0 Å². The van der Waals surface area contributed by atoms with Crippen molar-refractivity contribution in [3.63, 3.8) is 0 Å². The Morgan fingerprint density at radius 3 is 2.75 bits per heavy atom. The molecule has 0 aromatic heterocycles. The molecule has 0 bridgehead atoms. The van der Waals surface area contributed by atoms with Crippen LogP contribution in [-0.2, 0) is 12.8 Å². The molecule has 2 aliphatic rings. The summed E-state index contributed by atoms with van der Waals surface area (Å²) >= 11 is 3.59. The topological polar surface area (TPSA) is 29.5 Å². The van der Waals surface area contributed by atoms with E-state index >= 15 is 0 Å². The van der Waals surface area contributed by atoms with Crippen molar-refractivity contribution in [2.45, 2.75) is 58.0 Å². The van der Waals surface area contributed by atoms with E-state index in [4.69, 9.17) is 4.74 Å². The van der Waals surface area contributed by atoms with E-state index in [9.17, 15) is 5.11 Å². The summed E-state index contributed by atoms with van der Waals surface area (Å²) in [4.78, 5) is 0. The van der Waals surface area contributed by atoms with Crippen LogP contribution < -0.4 is 4.74 Å². The summed E-state index contributed by atoms with van der Waals surface area (Å²) in [5.41, 5.74) is 1.78. The first-order valence-corrected chi connectivity index (χ1v) is 8.37. The van der Waals surface area contributed by atoms with Crippen molar-refractivity contribution < 1.29 is 9.84 Å². The third kappa shape index (κ3) is 2.39. The number of hydrogen-bond acceptors (Lipinski definition) is 2. The first-order chi connectivity index (χ1) is 9.41. The summed E-state index contributed by atoms with van der Waals surface area (Å²) in [6, 6.07) is 4.26. The Morgan fingerprint density at radius 1 is 1.25 bits per heavy atom. The van der Waals surface area contributed by atoms with Crippen LogP contribution in [0.4, 0.5) is 0 Å². The summed E-state index contributed by atoms with van der Waals surface area (Å²) < 4.78 is 6.90. The SMILES string of the molecule is CC1(C)CCCCC1(O)Cc1cc(Br)cc2c1OCC2. The van der Waals surface area contributed by atoms with Gasteiger partial charge in [-0.15, -0.1) is 0 Å². The van der Waals surface area contributed by atoms with E-state index in [1.165, 1.54) is 12.0 Å². The average Bonchev–Trinajstić information content (AvgIpc) is 2.81. The maximum absolute atomic E-state index is 11.2. The molecule has 2 nitrogen and oxygen atoms in total. The Balaban J connectivity index is 1.95. The molecule has 0 spiro atoms. The van der Waals surface area contributed by atoms with E-state index in [1.807, 2.05) is 0 Å². The standard InChI is InChI=1S/C17H23BrO2/c1-16(2)6-3-4-7-17(16,19)11-13-10-14(18)9-12-5-8-20-15(12)13/h9-10,19H,3-8,11H2,1-2H3. The van der Waals surface area contributed by atoms with E-state index in [-0.39, 0.29) is 5.41 Å². The van der Waals surface area contributed by atoms with E-state index in [2.05, 4.69) is 41.9 Å². The van der Waals surface area contributed by atoms with Gasteiger partial charge in [-0.2, -0.15) is 0 Å². The van der Waals surface area contributed by atoms with Crippen molar-refractivity contribution in [1.82, 2.24) is 0 Å². The fraction of sp³-hybridized carbons (Fsp3) is 0.647. The number of hydrogen-bond donors (Lipinski definition) is 1. The van der Waals surface area contributed by atoms with Crippen LogP contribution in [0.2, 0.25) is 0 Å². The van der Waals surface area contributed by atoms with E-state index < -0.39 is 5.60 Å². The maximum atomic E-state index is 11.2. The van der Waals surface area contributed by atoms with E-state index in [0.717, 1.165) is 48.1 Å². The van der Waals surface area contributed by atoms with Gasteiger partial charge in [0.15, 0.2) is 0 Å². The summed E-state index contributed by atoms with van der Waals surface area (Å²) in [6.45, 7) is 5.16. The highest BCUT2D eigenvalue weighted by Gasteiger charge is 2.45. The summed E-state index contributed by atoms with van der Waals surface area (Å²) in [7, 11) is 0. The van der Waals surface area contributed by atoms with Crippen LogP contribution >= 0.6 is 15.9 Å². The van der Waals surface area contributed by atoms with Gasteiger partial charge < -0.3 is 9.84 Å². The Labute approximate surface area is 129 Å². The molecule has 1 aromatic rings. The quantitative estimate of drug-likeness (QED) is 0.872. The van der Waals surface area contributed by atoms with Crippen LogP contribution in [0.15, 0.2) is 16.6 Å². The van der Waals surface area contributed by atoms with Gasteiger partial charge in [0.1, 0.15) is 5.75 Å².